The summed E-state index contributed by atoms with van der Waals surface area (Å²) in [7, 11) is -3.40. The molecule has 112 valence electrons. The molecule has 0 atom stereocenters. The lowest BCUT2D eigenvalue weighted by Crippen LogP contribution is -2.26. The molecular weight excluding hydrogens is 276 g/mol. The Morgan fingerprint density at radius 1 is 1.25 bits per heavy atom. The fraction of sp³-hybridized carbons (Fsp3) is 0.500. The summed E-state index contributed by atoms with van der Waals surface area (Å²) in [5.74, 6) is -0.304. The number of hydrogen-bond donors (Lipinski definition) is 2. The van der Waals surface area contributed by atoms with Crippen molar-refractivity contribution in [1.82, 2.24) is 5.32 Å². The monoisotopic (exact) mass is 298 g/mol. The van der Waals surface area contributed by atoms with Gasteiger partial charge in [-0.2, -0.15) is 0 Å². The van der Waals surface area contributed by atoms with Gasteiger partial charge in [-0.05, 0) is 37.9 Å². The van der Waals surface area contributed by atoms with Crippen LogP contribution < -0.4 is 11.1 Å². The van der Waals surface area contributed by atoms with Crippen LogP contribution in [0.5, 0.6) is 0 Å². The van der Waals surface area contributed by atoms with Gasteiger partial charge >= 0.3 is 0 Å². The summed E-state index contributed by atoms with van der Waals surface area (Å²) >= 11 is 0. The zero-order chi connectivity index (χ0) is 15.0. The number of hydrogen-bond acceptors (Lipinski definition) is 4. The van der Waals surface area contributed by atoms with Crippen LogP contribution in [0.3, 0.4) is 0 Å². The van der Waals surface area contributed by atoms with Crippen molar-refractivity contribution in [2.24, 2.45) is 5.73 Å². The van der Waals surface area contributed by atoms with Gasteiger partial charge in [0.1, 0.15) is 0 Å². The zero-order valence-corrected chi connectivity index (χ0v) is 12.6. The summed E-state index contributed by atoms with van der Waals surface area (Å²) in [4.78, 5) is 12.2. The molecule has 0 saturated heterocycles. The van der Waals surface area contributed by atoms with E-state index >= 15 is 0 Å². The van der Waals surface area contributed by atoms with E-state index in [4.69, 9.17) is 5.73 Å². The highest BCUT2D eigenvalue weighted by Crippen LogP contribution is 2.17. The molecule has 0 aliphatic carbocycles. The lowest BCUT2D eigenvalue weighted by Gasteiger charge is -2.10. The predicted molar refractivity (Wildman–Crippen MR) is 79.4 cm³/mol. The van der Waals surface area contributed by atoms with Gasteiger partial charge in [0.25, 0.3) is 5.91 Å². The number of nitrogens with two attached hydrogens (primary N) is 1. The maximum atomic E-state index is 12.1. The van der Waals surface area contributed by atoms with Crippen molar-refractivity contribution in [1.29, 1.82) is 0 Å². The summed E-state index contributed by atoms with van der Waals surface area (Å²) in [6.07, 6.45) is 2.14. The van der Waals surface area contributed by atoms with Crippen LogP contribution >= 0.6 is 0 Å². The Balaban J connectivity index is 2.88. The van der Waals surface area contributed by atoms with Crippen LogP contribution in [-0.2, 0) is 9.84 Å². The topological polar surface area (TPSA) is 89.3 Å². The number of benzene rings is 1. The van der Waals surface area contributed by atoms with E-state index in [2.05, 4.69) is 5.32 Å². The third-order valence-corrected chi connectivity index (χ3v) is 4.83. The standard InChI is InChI=1S/C14H22N2O3S/c1-2-11-20(18,19)13-8-4-3-7-12(13)14(17)16-10-6-5-9-15/h3-4,7-8H,2,5-6,9-11,15H2,1H3,(H,16,17). The van der Waals surface area contributed by atoms with Crippen LogP contribution in [0.2, 0.25) is 0 Å². The van der Waals surface area contributed by atoms with Gasteiger partial charge in [-0.3, -0.25) is 4.79 Å². The Kier molecular flexibility index (Phi) is 6.67. The first kappa shape index (κ1) is 16.7. The maximum Gasteiger partial charge on any atom is 0.252 e. The van der Waals surface area contributed by atoms with Crippen molar-refractivity contribution >= 4 is 15.7 Å². The van der Waals surface area contributed by atoms with Crippen molar-refractivity contribution in [3.8, 4) is 0 Å². The second kappa shape index (κ2) is 8.01. The van der Waals surface area contributed by atoms with Crippen LogP contribution in [0.25, 0.3) is 0 Å². The van der Waals surface area contributed by atoms with E-state index < -0.39 is 9.84 Å². The minimum atomic E-state index is -3.40. The number of sulfone groups is 1. The minimum Gasteiger partial charge on any atom is -0.352 e. The van der Waals surface area contributed by atoms with Crippen molar-refractivity contribution in [3.63, 3.8) is 0 Å². The van der Waals surface area contributed by atoms with E-state index in [1.807, 2.05) is 0 Å². The molecule has 0 saturated carbocycles. The molecule has 1 rings (SSSR count). The normalized spacial score (nSPS) is 11.3. The number of unbranched alkanes of at least 4 members (excludes halogenated alkanes) is 1. The Hall–Kier alpha value is -1.40. The molecule has 0 bridgehead atoms. The Morgan fingerprint density at radius 2 is 1.95 bits per heavy atom. The molecule has 1 aromatic carbocycles. The zero-order valence-electron chi connectivity index (χ0n) is 11.8. The lowest BCUT2D eigenvalue weighted by molar-refractivity contribution is 0.0949. The molecule has 6 heteroatoms. The average Bonchev–Trinajstić information content (AvgIpc) is 2.43. The highest BCUT2D eigenvalue weighted by Gasteiger charge is 2.20. The third kappa shape index (κ3) is 4.61. The van der Waals surface area contributed by atoms with E-state index in [9.17, 15) is 13.2 Å². The van der Waals surface area contributed by atoms with E-state index in [-0.39, 0.29) is 22.1 Å². The molecule has 20 heavy (non-hydrogen) atoms. The van der Waals surface area contributed by atoms with Gasteiger partial charge in [-0.25, -0.2) is 8.42 Å². The van der Waals surface area contributed by atoms with Gasteiger partial charge in [0.2, 0.25) is 0 Å². The van der Waals surface area contributed by atoms with E-state index in [0.717, 1.165) is 12.8 Å². The van der Waals surface area contributed by atoms with Crippen LogP contribution in [0.4, 0.5) is 0 Å². The summed E-state index contributed by atoms with van der Waals surface area (Å²) in [5, 5.41) is 2.73. The number of carbonyl (C=O) groups excluding carboxylic acids is 1. The van der Waals surface area contributed by atoms with Gasteiger partial charge < -0.3 is 11.1 Å². The number of amides is 1. The molecular formula is C14H22N2O3S. The van der Waals surface area contributed by atoms with Crippen molar-refractivity contribution in [2.75, 3.05) is 18.8 Å². The van der Waals surface area contributed by atoms with Crippen LogP contribution in [-0.4, -0.2) is 33.2 Å². The fourth-order valence-corrected chi connectivity index (χ4v) is 3.41. The van der Waals surface area contributed by atoms with Crippen molar-refractivity contribution in [3.05, 3.63) is 29.8 Å². The first-order valence-corrected chi connectivity index (χ1v) is 8.48. The van der Waals surface area contributed by atoms with Crippen molar-refractivity contribution in [2.45, 2.75) is 31.1 Å². The first-order chi connectivity index (χ1) is 9.53. The van der Waals surface area contributed by atoms with Crippen LogP contribution in [0.15, 0.2) is 29.2 Å². The Bertz CT molecular complexity index is 541. The fourth-order valence-electron chi connectivity index (χ4n) is 1.87. The van der Waals surface area contributed by atoms with Gasteiger partial charge in [0, 0.05) is 6.54 Å². The van der Waals surface area contributed by atoms with Gasteiger partial charge in [-0.1, -0.05) is 19.1 Å². The van der Waals surface area contributed by atoms with Crippen LogP contribution in [0.1, 0.15) is 36.5 Å². The molecule has 0 radical (unpaired) electrons. The summed E-state index contributed by atoms with van der Waals surface area (Å²) < 4.78 is 24.3. The molecule has 0 aromatic heterocycles. The molecule has 0 spiro atoms. The smallest absolute Gasteiger partial charge is 0.252 e. The first-order valence-electron chi connectivity index (χ1n) is 6.83. The van der Waals surface area contributed by atoms with Gasteiger partial charge in [-0.15, -0.1) is 0 Å². The molecule has 0 unspecified atom stereocenters. The molecule has 0 fully saturated rings. The molecule has 0 aliphatic heterocycles. The Morgan fingerprint density at radius 3 is 2.60 bits per heavy atom. The molecule has 5 nitrogen and oxygen atoms in total. The van der Waals surface area contributed by atoms with E-state index in [1.54, 1.807) is 25.1 Å². The molecule has 1 aromatic rings. The number of nitrogens with one attached hydrogen (secondary N) is 1. The molecule has 0 heterocycles. The third-order valence-electron chi connectivity index (χ3n) is 2.86. The number of carbonyl (C=O) groups is 1. The molecule has 1 amide bonds. The second-order valence-electron chi connectivity index (χ2n) is 4.57. The predicted octanol–water partition coefficient (Wildman–Crippen LogP) is 1.34. The van der Waals surface area contributed by atoms with E-state index in [0.29, 0.717) is 19.5 Å². The maximum absolute atomic E-state index is 12.1. The summed E-state index contributed by atoms with van der Waals surface area (Å²) in [5.41, 5.74) is 5.60. The Labute approximate surface area is 120 Å². The highest BCUT2D eigenvalue weighted by atomic mass is 32.2. The SMILES string of the molecule is CCCS(=O)(=O)c1ccccc1C(=O)NCCCCN. The van der Waals surface area contributed by atoms with Gasteiger partial charge in [0.15, 0.2) is 9.84 Å². The largest absolute Gasteiger partial charge is 0.352 e. The lowest BCUT2D eigenvalue weighted by atomic mass is 10.2. The molecule has 3 N–H and O–H groups in total. The summed E-state index contributed by atoms with van der Waals surface area (Å²) in [6, 6.07) is 6.33. The average molecular weight is 298 g/mol. The molecule has 0 aliphatic rings. The van der Waals surface area contributed by atoms with Crippen LogP contribution in [0, 0.1) is 0 Å². The van der Waals surface area contributed by atoms with Gasteiger partial charge in [0.05, 0.1) is 16.2 Å². The highest BCUT2D eigenvalue weighted by molar-refractivity contribution is 7.91. The quantitative estimate of drug-likeness (QED) is 0.709. The van der Waals surface area contributed by atoms with Crippen molar-refractivity contribution < 1.29 is 13.2 Å². The minimum absolute atomic E-state index is 0.0461. The van der Waals surface area contributed by atoms with E-state index in [1.165, 1.54) is 6.07 Å². The summed E-state index contributed by atoms with van der Waals surface area (Å²) in [6.45, 7) is 2.88. The number of rotatable bonds is 8. The second-order valence-corrected chi connectivity index (χ2v) is 6.64.